The molecule has 0 aromatic carbocycles. The molecule has 116 valence electrons. The van der Waals surface area contributed by atoms with Crippen LogP contribution in [0.2, 0.25) is 0 Å². The van der Waals surface area contributed by atoms with Crippen LogP contribution in [0.5, 0.6) is 0 Å². The molecular formula is C15H23N3O3. The lowest BCUT2D eigenvalue weighted by Gasteiger charge is -2.23. The molecule has 2 rings (SSSR count). The average Bonchev–Trinajstić information content (AvgIpc) is 3.01. The van der Waals surface area contributed by atoms with Crippen molar-refractivity contribution in [2.45, 2.75) is 52.6 Å². The maximum Gasteiger partial charge on any atom is 0.326 e. The van der Waals surface area contributed by atoms with Gasteiger partial charge in [-0.25, -0.2) is 4.79 Å². The van der Waals surface area contributed by atoms with Gasteiger partial charge in [0.05, 0.1) is 5.69 Å². The van der Waals surface area contributed by atoms with Crippen LogP contribution in [0.3, 0.4) is 0 Å². The van der Waals surface area contributed by atoms with Crippen LogP contribution in [0.1, 0.15) is 56.2 Å². The molecule has 2 atom stereocenters. The van der Waals surface area contributed by atoms with Crippen molar-refractivity contribution in [1.82, 2.24) is 14.7 Å². The molecule has 1 aromatic heterocycles. The van der Waals surface area contributed by atoms with Crippen molar-refractivity contribution in [1.29, 1.82) is 0 Å². The van der Waals surface area contributed by atoms with Gasteiger partial charge in [-0.15, -0.1) is 0 Å². The van der Waals surface area contributed by atoms with Crippen molar-refractivity contribution in [3.05, 3.63) is 17.5 Å². The maximum absolute atomic E-state index is 12.7. The van der Waals surface area contributed by atoms with Crippen LogP contribution in [0.4, 0.5) is 0 Å². The number of hydrogen-bond donors (Lipinski definition) is 1. The summed E-state index contributed by atoms with van der Waals surface area (Å²) in [6, 6.07) is 1.05. The van der Waals surface area contributed by atoms with Crippen LogP contribution in [0.15, 0.2) is 6.07 Å². The SMILES string of the molecule is CCn1nc(C(C)C)cc1C(=O)N1CCC(C)C1C(=O)O. The minimum Gasteiger partial charge on any atom is -0.480 e. The topological polar surface area (TPSA) is 75.4 Å². The standard InChI is InChI=1S/C15H23N3O3/c1-5-18-12(8-11(16-18)9(2)3)14(19)17-7-6-10(4)13(17)15(20)21/h8-10,13H,5-7H2,1-4H3,(H,20,21). The highest BCUT2D eigenvalue weighted by Gasteiger charge is 2.40. The van der Waals surface area contributed by atoms with Gasteiger partial charge in [0.1, 0.15) is 11.7 Å². The van der Waals surface area contributed by atoms with Gasteiger partial charge in [-0.1, -0.05) is 20.8 Å². The van der Waals surface area contributed by atoms with Gasteiger partial charge in [0.2, 0.25) is 0 Å². The van der Waals surface area contributed by atoms with Crippen molar-refractivity contribution >= 4 is 11.9 Å². The van der Waals surface area contributed by atoms with Gasteiger partial charge in [-0.05, 0) is 31.2 Å². The van der Waals surface area contributed by atoms with Gasteiger partial charge >= 0.3 is 5.97 Å². The first-order valence-corrected chi connectivity index (χ1v) is 7.48. The fraction of sp³-hybridized carbons (Fsp3) is 0.667. The molecule has 2 heterocycles. The van der Waals surface area contributed by atoms with Gasteiger partial charge < -0.3 is 10.0 Å². The van der Waals surface area contributed by atoms with Crippen molar-refractivity contribution in [2.75, 3.05) is 6.54 Å². The molecule has 0 spiro atoms. The van der Waals surface area contributed by atoms with Crippen LogP contribution in [0.25, 0.3) is 0 Å². The quantitative estimate of drug-likeness (QED) is 0.920. The zero-order valence-electron chi connectivity index (χ0n) is 13.0. The molecule has 1 aliphatic rings. The number of carboxylic acids is 1. The molecule has 0 saturated carbocycles. The number of hydrogen-bond acceptors (Lipinski definition) is 3. The molecule has 0 bridgehead atoms. The van der Waals surface area contributed by atoms with E-state index in [1.807, 2.05) is 27.7 Å². The highest BCUT2D eigenvalue weighted by atomic mass is 16.4. The van der Waals surface area contributed by atoms with Gasteiger partial charge in [0, 0.05) is 13.1 Å². The average molecular weight is 293 g/mol. The van der Waals surface area contributed by atoms with Crippen molar-refractivity contribution < 1.29 is 14.7 Å². The summed E-state index contributed by atoms with van der Waals surface area (Å²) in [5, 5.41) is 13.8. The number of carbonyl (C=O) groups is 2. The lowest BCUT2D eigenvalue weighted by Crippen LogP contribution is -2.43. The lowest BCUT2D eigenvalue weighted by molar-refractivity contribution is -0.142. The second-order valence-corrected chi connectivity index (χ2v) is 5.97. The summed E-state index contributed by atoms with van der Waals surface area (Å²) in [5.41, 5.74) is 1.35. The van der Waals surface area contributed by atoms with E-state index in [2.05, 4.69) is 5.10 Å². The van der Waals surface area contributed by atoms with Crippen LogP contribution in [0, 0.1) is 5.92 Å². The van der Waals surface area contributed by atoms with Gasteiger partial charge in [-0.2, -0.15) is 5.10 Å². The minimum atomic E-state index is -0.931. The maximum atomic E-state index is 12.7. The van der Waals surface area contributed by atoms with Crippen molar-refractivity contribution in [2.24, 2.45) is 5.92 Å². The zero-order valence-corrected chi connectivity index (χ0v) is 13.0. The first-order valence-electron chi connectivity index (χ1n) is 7.48. The Morgan fingerprint density at radius 2 is 2.14 bits per heavy atom. The number of carboxylic acid groups (broad SMARTS) is 1. The summed E-state index contributed by atoms with van der Waals surface area (Å²) >= 11 is 0. The Labute approximate surface area is 124 Å². The summed E-state index contributed by atoms with van der Waals surface area (Å²) in [6.07, 6.45) is 0.722. The number of aryl methyl sites for hydroxylation is 1. The van der Waals surface area contributed by atoms with Crippen molar-refractivity contribution in [3.63, 3.8) is 0 Å². The first-order chi connectivity index (χ1) is 9.86. The van der Waals surface area contributed by atoms with Gasteiger partial charge in [0.25, 0.3) is 5.91 Å². The summed E-state index contributed by atoms with van der Waals surface area (Å²) in [6.45, 7) is 8.93. The highest BCUT2D eigenvalue weighted by Crippen LogP contribution is 2.26. The molecule has 6 heteroatoms. The molecule has 1 N–H and O–H groups in total. The smallest absolute Gasteiger partial charge is 0.326 e. The molecule has 1 saturated heterocycles. The predicted octanol–water partition coefficient (Wildman–Crippen LogP) is 1.96. The van der Waals surface area contributed by atoms with E-state index in [-0.39, 0.29) is 17.7 Å². The summed E-state index contributed by atoms with van der Waals surface area (Å²) in [4.78, 5) is 25.6. The molecular weight excluding hydrogens is 270 g/mol. The minimum absolute atomic E-state index is 0.0194. The van der Waals surface area contributed by atoms with Crippen LogP contribution in [-0.4, -0.2) is 44.3 Å². The second-order valence-electron chi connectivity index (χ2n) is 5.97. The van der Waals surface area contributed by atoms with E-state index in [1.165, 1.54) is 4.90 Å². The third-order valence-electron chi connectivity index (χ3n) is 4.12. The molecule has 1 fully saturated rings. The number of carbonyl (C=O) groups excluding carboxylic acids is 1. The molecule has 6 nitrogen and oxygen atoms in total. The van der Waals surface area contributed by atoms with E-state index in [1.54, 1.807) is 10.7 Å². The Morgan fingerprint density at radius 3 is 2.67 bits per heavy atom. The fourth-order valence-corrected chi connectivity index (χ4v) is 2.83. The third-order valence-corrected chi connectivity index (χ3v) is 4.12. The Hall–Kier alpha value is -1.85. The van der Waals surface area contributed by atoms with E-state index in [4.69, 9.17) is 0 Å². The monoisotopic (exact) mass is 293 g/mol. The number of aliphatic carboxylic acids is 1. The number of aromatic nitrogens is 2. The molecule has 2 unspecified atom stereocenters. The fourth-order valence-electron chi connectivity index (χ4n) is 2.83. The first kappa shape index (κ1) is 15.5. The van der Waals surface area contributed by atoms with Gasteiger partial charge in [-0.3, -0.25) is 9.48 Å². The third kappa shape index (κ3) is 2.80. The predicted molar refractivity (Wildman–Crippen MR) is 78.2 cm³/mol. The van der Waals surface area contributed by atoms with E-state index < -0.39 is 12.0 Å². The molecule has 1 amide bonds. The van der Waals surface area contributed by atoms with E-state index in [0.29, 0.717) is 18.8 Å². The number of nitrogens with zero attached hydrogens (tertiary/aromatic N) is 3. The molecule has 21 heavy (non-hydrogen) atoms. The summed E-state index contributed by atoms with van der Waals surface area (Å²) in [5.74, 6) is -0.945. The van der Waals surface area contributed by atoms with E-state index in [9.17, 15) is 14.7 Å². The largest absolute Gasteiger partial charge is 0.480 e. The number of rotatable bonds is 4. The van der Waals surface area contributed by atoms with Crippen LogP contribution >= 0.6 is 0 Å². The Bertz CT molecular complexity index is 550. The highest BCUT2D eigenvalue weighted by molar-refractivity contribution is 5.95. The Morgan fingerprint density at radius 1 is 1.48 bits per heavy atom. The molecule has 0 radical (unpaired) electrons. The Kier molecular flexibility index (Phi) is 4.34. The van der Waals surface area contributed by atoms with E-state index in [0.717, 1.165) is 12.1 Å². The Balaban J connectivity index is 2.33. The molecule has 0 aliphatic carbocycles. The molecule has 1 aromatic rings. The van der Waals surface area contributed by atoms with Crippen LogP contribution < -0.4 is 0 Å². The number of amides is 1. The lowest BCUT2D eigenvalue weighted by atomic mass is 10.0. The molecule has 1 aliphatic heterocycles. The number of likely N-dealkylation sites (tertiary alicyclic amines) is 1. The summed E-state index contributed by atoms with van der Waals surface area (Å²) < 4.78 is 1.67. The normalized spacial score (nSPS) is 22.0. The van der Waals surface area contributed by atoms with E-state index >= 15 is 0 Å². The zero-order chi connectivity index (χ0) is 15.7. The van der Waals surface area contributed by atoms with Crippen molar-refractivity contribution in [3.8, 4) is 0 Å². The van der Waals surface area contributed by atoms with Crippen LogP contribution in [-0.2, 0) is 11.3 Å². The summed E-state index contributed by atoms with van der Waals surface area (Å²) in [7, 11) is 0. The van der Waals surface area contributed by atoms with Gasteiger partial charge in [0.15, 0.2) is 0 Å². The second kappa shape index (κ2) is 5.87.